The summed E-state index contributed by atoms with van der Waals surface area (Å²) in [5.41, 5.74) is 0.806. The largest absolute Gasteiger partial charge is 0.0620 e. The molecule has 0 aromatic rings. The second-order valence-corrected chi connectivity index (χ2v) is 4.82. The summed E-state index contributed by atoms with van der Waals surface area (Å²) in [5.74, 6) is 2.06. The zero-order valence-electron chi connectivity index (χ0n) is 7.90. The van der Waals surface area contributed by atoms with Gasteiger partial charge in [0.2, 0.25) is 0 Å². The molecule has 64 valence electrons. The van der Waals surface area contributed by atoms with Gasteiger partial charge in [-0.15, -0.1) is 0 Å². The summed E-state index contributed by atoms with van der Waals surface area (Å²) in [4.78, 5) is 0. The summed E-state index contributed by atoms with van der Waals surface area (Å²) in [6.07, 6.45) is 9.09. The maximum absolute atomic E-state index is 2.48. The van der Waals surface area contributed by atoms with Crippen LogP contribution >= 0.6 is 0 Å². The van der Waals surface area contributed by atoms with Crippen molar-refractivity contribution >= 4 is 0 Å². The topological polar surface area (TPSA) is 0 Å². The molecule has 0 aromatic carbocycles. The first-order valence-electron chi connectivity index (χ1n) is 5.26. The molecule has 0 heteroatoms. The van der Waals surface area contributed by atoms with Crippen LogP contribution in [0.4, 0.5) is 0 Å². The monoisotopic (exact) mass is 152 g/mol. The van der Waals surface area contributed by atoms with Crippen molar-refractivity contribution in [1.29, 1.82) is 0 Å². The van der Waals surface area contributed by atoms with Crippen molar-refractivity contribution in [3.63, 3.8) is 0 Å². The third-order valence-electron chi connectivity index (χ3n) is 4.52. The predicted molar refractivity (Wildman–Crippen MR) is 48.5 cm³/mol. The molecule has 11 heavy (non-hydrogen) atoms. The molecule has 0 nitrogen and oxygen atoms in total. The molecule has 2 aliphatic rings. The van der Waals surface area contributed by atoms with Crippen LogP contribution in [-0.4, -0.2) is 0 Å². The van der Waals surface area contributed by atoms with Gasteiger partial charge in [-0.05, 0) is 30.1 Å². The van der Waals surface area contributed by atoms with E-state index in [4.69, 9.17) is 0 Å². The summed E-state index contributed by atoms with van der Waals surface area (Å²) in [6.45, 7) is 4.96. The average Bonchev–Trinajstić information content (AvgIpc) is 2.48. The lowest BCUT2D eigenvalue weighted by molar-refractivity contribution is 0.156. The van der Waals surface area contributed by atoms with Gasteiger partial charge in [-0.3, -0.25) is 0 Å². The molecule has 0 radical (unpaired) electrons. The average molecular weight is 152 g/mol. The molecular weight excluding hydrogens is 132 g/mol. The third kappa shape index (κ3) is 0.947. The lowest BCUT2D eigenvalue weighted by Gasteiger charge is -2.33. The van der Waals surface area contributed by atoms with E-state index < -0.39 is 0 Å². The summed E-state index contributed by atoms with van der Waals surface area (Å²) in [6, 6.07) is 0. The first kappa shape index (κ1) is 7.64. The molecule has 0 unspecified atom stereocenters. The van der Waals surface area contributed by atoms with Crippen molar-refractivity contribution in [1.82, 2.24) is 0 Å². The fraction of sp³-hybridized carbons (Fsp3) is 1.00. The minimum Gasteiger partial charge on any atom is -0.0620 e. The van der Waals surface area contributed by atoms with E-state index in [2.05, 4.69) is 13.8 Å². The molecule has 0 heterocycles. The van der Waals surface area contributed by atoms with Gasteiger partial charge in [0.05, 0.1) is 0 Å². The molecule has 0 N–H and O–H groups in total. The van der Waals surface area contributed by atoms with E-state index in [-0.39, 0.29) is 0 Å². The Bertz CT molecular complexity index is 130. The molecule has 0 bridgehead atoms. The lowest BCUT2D eigenvalue weighted by Crippen LogP contribution is -2.26. The van der Waals surface area contributed by atoms with Gasteiger partial charge < -0.3 is 0 Å². The lowest BCUT2D eigenvalue weighted by atomic mass is 9.71. The molecule has 2 rings (SSSR count). The summed E-state index contributed by atoms with van der Waals surface area (Å²) in [7, 11) is 0. The maximum Gasteiger partial charge on any atom is -0.0246 e. The van der Waals surface area contributed by atoms with E-state index >= 15 is 0 Å². The van der Waals surface area contributed by atoms with Crippen molar-refractivity contribution in [2.45, 2.75) is 52.4 Å². The first-order valence-corrected chi connectivity index (χ1v) is 5.26. The van der Waals surface area contributed by atoms with E-state index in [0.717, 1.165) is 17.3 Å². The fourth-order valence-corrected chi connectivity index (χ4v) is 3.65. The number of hydrogen-bond acceptors (Lipinski definition) is 0. The normalized spacial score (nSPS) is 42.0. The van der Waals surface area contributed by atoms with Crippen LogP contribution in [0.5, 0.6) is 0 Å². The van der Waals surface area contributed by atoms with Crippen LogP contribution in [0.1, 0.15) is 52.4 Å². The second kappa shape index (κ2) is 2.50. The van der Waals surface area contributed by atoms with E-state index in [9.17, 15) is 0 Å². The Morgan fingerprint density at radius 1 is 0.909 bits per heavy atom. The minimum atomic E-state index is 0.806. The highest BCUT2D eigenvalue weighted by atomic mass is 14.5. The predicted octanol–water partition coefficient (Wildman–Crippen LogP) is 3.61. The van der Waals surface area contributed by atoms with Gasteiger partial charge in [0.15, 0.2) is 0 Å². The zero-order valence-corrected chi connectivity index (χ0v) is 7.90. The number of rotatable bonds is 0. The quantitative estimate of drug-likeness (QED) is 0.497. The van der Waals surface area contributed by atoms with Gasteiger partial charge in [0.1, 0.15) is 0 Å². The minimum absolute atomic E-state index is 0.806. The summed E-state index contributed by atoms with van der Waals surface area (Å²) in [5, 5.41) is 0. The molecular formula is C11H20. The highest BCUT2D eigenvalue weighted by molar-refractivity contribution is 4.96. The van der Waals surface area contributed by atoms with Crippen molar-refractivity contribution in [2.24, 2.45) is 17.3 Å². The van der Waals surface area contributed by atoms with Gasteiger partial charge in [-0.2, -0.15) is 0 Å². The van der Waals surface area contributed by atoms with Crippen molar-refractivity contribution < 1.29 is 0 Å². The molecule has 0 saturated heterocycles. The van der Waals surface area contributed by atoms with E-state index in [1.165, 1.54) is 38.5 Å². The highest BCUT2D eigenvalue weighted by Crippen LogP contribution is 2.56. The molecule has 0 amide bonds. The Morgan fingerprint density at radius 2 is 1.36 bits per heavy atom. The van der Waals surface area contributed by atoms with Crippen LogP contribution in [0.15, 0.2) is 0 Å². The highest BCUT2D eigenvalue weighted by Gasteiger charge is 2.46. The van der Waals surface area contributed by atoms with Gasteiger partial charge in [-0.25, -0.2) is 0 Å². The SMILES string of the molecule is C[C@@H]1CCCC12CCC[C@H]2C. The molecule has 2 saturated carbocycles. The van der Waals surface area contributed by atoms with Crippen LogP contribution in [0.3, 0.4) is 0 Å². The van der Waals surface area contributed by atoms with Crippen LogP contribution in [-0.2, 0) is 0 Å². The molecule has 2 fully saturated rings. The Hall–Kier alpha value is 0. The molecule has 0 aromatic heterocycles. The van der Waals surface area contributed by atoms with Gasteiger partial charge in [-0.1, -0.05) is 39.5 Å². The summed E-state index contributed by atoms with van der Waals surface area (Å²) >= 11 is 0. The zero-order chi connectivity index (χ0) is 7.90. The number of hydrogen-bond donors (Lipinski definition) is 0. The van der Waals surface area contributed by atoms with Crippen molar-refractivity contribution in [2.75, 3.05) is 0 Å². The molecule has 2 aliphatic carbocycles. The van der Waals surface area contributed by atoms with Crippen LogP contribution < -0.4 is 0 Å². The van der Waals surface area contributed by atoms with E-state index in [1.807, 2.05) is 0 Å². The molecule has 2 atom stereocenters. The first-order chi connectivity index (χ1) is 5.26. The van der Waals surface area contributed by atoms with Gasteiger partial charge in [0.25, 0.3) is 0 Å². The summed E-state index contributed by atoms with van der Waals surface area (Å²) < 4.78 is 0. The standard InChI is InChI=1S/C11H20/c1-9-5-3-7-11(9)8-4-6-10(11)2/h9-10H,3-8H2,1-2H3/t9-,10-,11?/m1/s1. The van der Waals surface area contributed by atoms with Gasteiger partial charge in [0, 0.05) is 0 Å². The smallest absolute Gasteiger partial charge is 0.0246 e. The van der Waals surface area contributed by atoms with Crippen LogP contribution in [0.25, 0.3) is 0 Å². The van der Waals surface area contributed by atoms with Crippen molar-refractivity contribution in [3.8, 4) is 0 Å². The van der Waals surface area contributed by atoms with Crippen LogP contribution in [0.2, 0.25) is 0 Å². The van der Waals surface area contributed by atoms with Crippen LogP contribution in [0, 0.1) is 17.3 Å². The Kier molecular flexibility index (Phi) is 1.74. The van der Waals surface area contributed by atoms with E-state index in [1.54, 1.807) is 0 Å². The Morgan fingerprint density at radius 3 is 1.64 bits per heavy atom. The Labute approximate surface area is 70.4 Å². The van der Waals surface area contributed by atoms with Gasteiger partial charge >= 0.3 is 0 Å². The third-order valence-corrected chi connectivity index (χ3v) is 4.52. The van der Waals surface area contributed by atoms with E-state index in [0.29, 0.717) is 0 Å². The maximum atomic E-state index is 2.48. The fourth-order valence-electron chi connectivity index (χ4n) is 3.65. The van der Waals surface area contributed by atoms with Crippen molar-refractivity contribution in [3.05, 3.63) is 0 Å². The Balaban J connectivity index is 2.19. The molecule has 1 spiro atoms. The second-order valence-electron chi connectivity index (χ2n) is 4.82. The molecule has 0 aliphatic heterocycles.